The van der Waals surface area contributed by atoms with Gasteiger partial charge in [0.1, 0.15) is 0 Å². The second-order valence-corrected chi connectivity index (χ2v) is 6.33. The molecule has 0 radical (unpaired) electrons. The van der Waals surface area contributed by atoms with Crippen molar-refractivity contribution in [2.75, 3.05) is 19.7 Å². The number of carbonyl (C=O) groups excluding carboxylic acids is 1. The lowest BCUT2D eigenvalue weighted by molar-refractivity contribution is -0.149. The van der Waals surface area contributed by atoms with Crippen LogP contribution in [0.15, 0.2) is 0 Å². The first-order valence-electron chi connectivity index (χ1n) is 7.98. The molecular formula is C15H26N2O4. The molecule has 1 aliphatic carbocycles. The van der Waals surface area contributed by atoms with E-state index in [1.165, 1.54) is 0 Å². The molecule has 0 aromatic carbocycles. The number of likely N-dealkylation sites (tertiary alicyclic amines) is 1. The third-order valence-electron chi connectivity index (χ3n) is 4.94. The molecule has 0 spiro atoms. The number of hydrogen-bond donors (Lipinski definition) is 3. The Balaban J connectivity index is 1.95. The average Bonchev–Trinajstić information content (AvgIpc) is 2.82. The van der Waals surface area contributed by atoms with Gasteiger partial charge in [-0.05, 0) is 25.7 Å². The van der Waals surface area contributed by atoms with Crippen LogP contribution in [0.5, 0.6) is 0 Å². The summed E-state index contributed by atoms with van der Waals surface area (Å²) in [6.45, 7) is 0.796. The number of amides is 2. The Morgan fingerprint density at radius 2 is 1.81 bits per heavy atom. The molecule has 2 aliphatic rings. The zero-order valence-corrected chi connectivity index (χ0v) is 12.5. The van der Waals surface area contributed by atoms with E-state index in [1.54, 1.807) is 4.90 Å². The summed E-state index contributed by atoms with van der Waals surface area (Å²) in [6, 6.07) is -0.365. The SMILES string of the molecule is O=C(NCC1(C(=O)O)CCCCCC1)N1CCCC1CO. The maximum atomic E-state index is 12.2. The Bertz CT molecular complexity index is 378. The van der Waals surface area contributed by atoms with Crippen LogP contribution in [0.25, 0.3) is 0 Å². The van der Waals surface area contributed by atoms with Gasteiger partial charge in [-0.3, -0.25) is 4.79 Å². The van der Waals surface area contributed by atoms with Crippen molar-refractivity contribution in [3.05, 3.63) is 0 Å². The highest BCUT2D eigenvalue weighted by atomic mass is 16.4. The van der Waals surface area contributed by atoms with Gasteiger partial charge in [-0.1, -0.05) is 25.7 Å². The number of aliphatic carboxylic acids is 1. The quantitative estimate of drug-likeness (QED) is 0.687. The fourth-order valence-corrected chi connectivity index (χ4v) is 3.51. The van der Waals surface area contributed by atoms with Crippen LogP contribution in [-0.2, 0) is 4.79 Å². The first-order valence-corrected chi connectivity index (χ1v) is 7.98. The van der Waals surface area contributed by atoms with E-state index in [0.29, 0.717) is 19.4 Å². The zero-order valence-electron chi connectivity index (χ0n) is 12.5. The topological polar surface area (TPSA) is 89.9 Å². The van der Waals surface area contributed by atoms with Gasteiger partial charge in [-0.15, -0.1) is 0 Å². The molecule has 2 fully saturated rings. The van der Waals surface area contributed by atoms with Gasteiger partial charge in [0.15, 0.2) is 0 Å². The molecule has 0 aromatic rings. The number of carboxylic acid groups (broad SMARTS) is 1. The third-order valence-corrected chi connectivity index (χ3v) is 4.94. The van der Waals surface area contributed by atoms with Crippen molar-refractivity contribution in [3.8, 4) is 0 Å². The number of carboxylic acids is 1. The van der Waals surface area contributed by atoms with Gasteiger partial charge in [-0.2, -0.15) is 0 Å². The Hall–Kier alpha value is -1.30. The smallest absolute Gasteiger partial charge is 0.317 e. The van der Waals surface area contributed by atoms with Crippen molar-refractivity contribution >= 4 is 12.0 Å². The fraction of sp³-hybridized carbons (Fsp3) is 0.867. The number of urea groups is 1. The molecule has 1 heterocycles. The summed E-state index contributed by atoms with van der Waals surface area (Å²) in [4.78, 5) is 25.5. The van der Waals surface area contributed by atoms with Gasteiger partial charge < -0.3 is 20.4 Å². The molecule has 0 bridgehead atoms. The summed E-state index contributed by atoms with van der Waals surface area (Å²) in [5, 5.41) is 21.7. The normalized spacial score (nSPS) is 25.4. The van der Waals surface area contributed by atoms with E-state index in [2.05, 4.69) is 5.32 Å². The van der Waals surface area contributed by atoms with Crippen molar-refractivity contribution in [3.63, 3.8) is 0 Å². The maximum Gasteiger partial charge on any atom is 0.317 e. The Morgan fingerprint density at radius 1 is 1.14 bits per heavy atom. The van der Waals surface area contributed by atoms with E-state index in [9.17, 15) is 19.8 Å². The number of rotatable bonds is 4. The number of nitrogens with zero attached hydrogens (tertiary/aromatic N) is 1. The molecule has 21 heavy (non-hydrogen) atoms. The molecule has 1 unspecified atom stereocenters. The number of carbonyl (C=O) groups is 2. The van der Waals surface area contributed by atoms with Gasteiger partial charge in [0.25, 0.3) is 0 Å². The van der Waals surface area contributed by atoms with Crippen LogP contribution < -0.4 is 5.32 Å². The minimum Gasteiger partial charge on any atom is -0.481 e. The van der Waals surface area contributed by atoms with Crippen LogP contribution in [0.3, 0.4) is 0 Å². The Labute approximate surface area is 125 Å². The van der Waals surface area contributed by atoms with Crippen molar-refractivity contribution in [2.24, 2.45) is 5.41 Å². The van der Waals surface area contributed by atoms with Crippen LogP contribution in [0.2, 0.25) is 0 Å². The lowest BCUT2D eigenvalue weighted by Crippen LogP contribution is -2.49. The van der Waals surface area contributed by atoms with Gasteiger partial charge in [-0.25, -0.2) is 4.79 Å². The van der Waals surface area contributed by atoms with Gasteiger partial charge >= 0.3 is 12.0 Å². The molecule has 1 saturated heterocycles. The molecule has 6 heteroatoms. The summed E-state index contributed by atoms with van der Waals surface area (Å²) in [6.07, 6.45) is 6.93. The second-order valence-electron chi connectivity index (χ2n) is 6.33. The molecule has 0 aromatic heterocycles. The molecular weight excluding hydrogens is 272 g/mol. The molecule has 2 amide bonds. The van der Waals surface area contributed by atoms with Crippen molar-refractivity contribution in [1.29, 1.82) is 0 Å². The summed E-state index contributed by atoms with van der Waals surface area (Å²) >= 11 is 0. The van der Waals surface area contributed by atoms with Crippen molar-refractivity contribution in [1.82, 2.24) is 10.2 Å². The van der Waals surface area contributed by atoms with Gasteiger partial charge in [0.05, 0.1) is 18.1 Å². The summed E-state index contributed by atoms with van der Waals surface area (Å²) in [5.74, 6) is -0.801. The van der Waals surface area contributed by atoms with E-state index < -0.39 is 11.4 Å². The largest absolute Gasteiger partial charge is 0.481 e. The average molecular weight is 298 g/mol. The number of aliphatic hydroxyl groups is 1. The van der Waals surface area contributed by atoms with Gasteiger partial charge in [0, 0.05) is 13.1 Å². The Morgan fingerprint density at radius 3 is 2.38 bits per heavy atom. The van der Waals surface area contributed by atoms with E-state index >= 15 is 0 Å². The molecule has 1 saturated carbocycles. The van der Waals surface area contributed by atoms with Crippen LogP contribution in [0.1, 0.15) is 51.4 Å². The highest BCUT2D eigenvalue weighted by Gasteiger charge is 2.39. The minimum atomic E-state index is -0.819. The molecule has 2 rings (SSSR count). The summed E-state index contributed by atoms with van der Waals surface area (Å²) < 4.78 is 0. The van der Waals surface area contributed by atoms with Crippen LogP contribution >= 0.6 is 0 Å². The van der Waals surface area contributed by atoms with E-state index in [0.717, 1.165) is 38.5 Å². The van der Waals surface area contributed by atoms with Crippen LogP contribution in [-0.4, -0.2) is 52.9 Å². The minimum absolute atomic E-state index is 0.0303. The first kappa shape index (κ1) is 16.1. The van der Waals surface area contributed by atoms with Crippen LogP contribution in [0, 0.1) is 5.41 Å². The molecule has 6 nitrogen and oxygen atoms in total. The first-order chi connectivity index (χ1) is 10.1. The number of nitrogens with one attached hydrogen (secondary N) is 1. The standard InChI is InChI=1S/C15H26N2O4/c18-10-12-6-5-9-17(12)14(21)16-11-15(13(19)20)7-3-1-2-4-8-15/h12,18H,1-11H2,(H,16,21)(H,19,20). The van der Waals surface area contributed by atoms with Gasteiger partial charge in [0.2, 0.25) is 0 Å². The van der Waals surface area contributed by atoms with E-state index in [4.69, 9.17) is 0 Å². The van der Waals surface area contributed by atoms with Crippen molar-refractivity contribution in [2.45, 2.75) is 57.4 Å². The highest BCUT2D eigenvalue weighted by Crippen LogP contribution is 2.35. The molecule has 1 aliphatic heterocycles. The lowest BCUT2D eigenvalue weighted by atomic mass is 9.80. The fourth-order valence-electron chi connectivity index (χ4n) is 3.51. The summed E-state index contributed by atoms with van der Waals surface area (Å²) in [7, 11) is 0. The van der Waals surface area contributed by atoms with Crippen LogP contribution in [0.4, 0.5) is 4.79 Å². The van der Waals surface area contributed by atoms with E-state index in [-0.39, 0.29) is 25.2 Å². The molecule has 120 valence electrons. The highest BCUT2D eigenvalue weighted by molar-refractivity contribution is 5.78. The zero-order chi connectivity index (χ0) is 15.3. The Kier molecular flexibility index (Phi) is 5.45. The monoisotopic (exact) mass is 298 g/mol. The molecule has 1 atom stereocenters. The maximum absolute atomic E-state index is 12.2. The predicted molar refractivity (Wildman–Crippen MR) is 78.0 cm³/mol. The second kappa shape index (κ2) is 7.11. The predicted octanol–water partition coefficient (Wildman–Crippen LogP) is 1.58. The van der Waals surface area contributed by atoms with Crippen molar-refractivity contribution < 1.29 is 19.8 Å². The lowest BCUT2D eigenvalue weighted by Gasteiger charge is -2.30. The number of aliphatic hydroxyl groups excluding tert-OH is 1. The number of hydrogen-bond acceptors (Lipinski definition) is 3. The van der Waals surface area contributed by atoms with E-state index in [1.807, 2.05) is 0 Å². The third kappa shape index (κ3) is 3.67. The molecule has 3 N–H and O–H groups in total. The summed E-state index contributed by atoms with van der Waals surface area (Å²) in [5.41, 5.74) is -0.819.